The van der Waals surface area contributed by atoms with E-state index >= 15 is 0 Å². The Kier molecular flexibility index (Phi) is 3.87. The van der Waals surface area contributed by atoms with Gasteiger partial charge in [0.1, 0.15) is 12.2 Å². The van der Waals surface area contributed by atoms with E-state index < -0.39 is 0 Å². The minimum absolute atomic E-state index is 0.00863. The van der Waals surface area contributed by atoms with E-state index in [4.69, 9.17) is 9.47 Å². The summed E-state index contributed by atoms with van der Waals surface area (Å²) in [4.78, 5) is 14.4. The maximum atomic E-state index is 12.3. The minimum Gasteiger partial charge on any atom is -0.459 e. The molecule has 0 amide bonds. The highest BCUT2D eigenvalue weighted by molar-refractivity contribution is 5.75. The molecule has 4 nitrogen and oxygen atoms in total. The van der Waals surface area contributed by atoms with Crippen LogP contribution in [0.25, 0.3) is 0 Å². The normalized spacial score (nSPS) is 42.9. The van der Waals surface area contributed by atoms with Crippen LogP contribution in [-0.4, -0.2) is 49.3 Å². The SMILES string of the molecule is CC1=CCC[C@@]2(C)O[C@H]2[C@H]2OC(=O)[C@@H](CN(C)C)[C@@H]2CC1. The molecule has 0 unspecified atom stereocenters. The summed E-state index contributed by atoms with van der Waals surface area (Å²) < 4.78 is 11.7. The fourth-order valence-electron chi connectivity index (χ4n) is 3.94. The van der Waals surface area contributed by atoms with Crippen molar-refractivity contribution >= 4 is 5.97 Å². The molecule has 0 radical (unpaired) electrons. The summed E-state index contributed by atoms with van der Waals surface area (Å²) >= 11 is 0. The van der Waals surface area contributed by atoms with Gasteiger partial charge in [0.2, 0.25) is 0 Å². The zero-order chi connectivity index (χ0) is 15.2. The molecule has 1 aliphatic carbocycles. The van der Waals surface area contributed by atoms with Gasteiger partial charge in [-0.2, -0.15) is 0 Å². The third-order valence-corrected chi connectivity index (χ3v) is 5.30. The molecule has 4 heteroatoms. The van der Waals surface area contributed by atoms with Crippen LogP contribution >= 0.6 is 0 Å². The number of rotatable bonds is 2. The predicted molar refractivity (Wildman–Crippen MR) is 80.9 cm³/mol. The number of fused-ring (bicyclic) bond motifs is 3. The van der Waals surface area contributed by atoms with Crippen LogP contribution in [0, 0.1) is 11.8 Å². The molecule has 0 bridgehead atoms. The Hall–Kier alpha value is -0.870. The first-order valence-corrected chi connectivity index (χ1v) is 8.09. The first-order chi connectivity index (χ1) is 9.90. The molecule has 21 heavy (non-hydrogen) atoms. The van der Waals surface area contributed by atoms with Crippen LogP contribution in [0.2, 0.25) is 0 Å². The molecule has 0 aromatic carbocycles. The highest BCUT2D eigenvalue weighted by Crippen LogP contribution is 2.50. The molecule has 3 aliphatic rings. The van der Waals surface area contributed by atoms with Crippen LogP contribution in [0.5, 0.6) is 0 Å². The quantitative estimate of drug-likeness (QED) is 0.445. The van der Waals surface area contributed by atoms with Crippen LogP contribution in [-0.2, 0) is 14.3 Å². The van der Waals surface area contributed by atoms with Gasteiger partial charge in [0.05, 0.1) is 11.5 Å². The summed E-state index contributed by atoms with van der Waals surface area (Å²) in [7, 11) is 4.04. The molecule has 5 atom stereocenters. The van der Waals surface area contributed by atoms with Crippen LogP contribution in [0.4, 0.5) is 0 Å². The van der Waals surface area contributed by atoms with Crippen molar-refractivity contribution in [3.63, 3.8) is 0 Å². The maximum Gasteiger partial charge on any atom is 0.311 e. The van der Waals surface area contributed by atoms with Crippen LogP contribution < -0.4 is 0 Å². The van der Waals surface area contributed by atoms with Gasteiger partial charge in [-0.3, -0.25) is 4.79 Å². The topological polar surface area (TPSA) is 42.1 Å². The number of epoxide rings is 1. The smallest absolute Gasteiger partial charge is 0.311 e. The Morgan fingerprint density at radius 1 is 1.43 bits per heavy atom. The summed E-state index contributed by atoms with van der Waals surface area (Å²) in [6.45, 7) is 5.13. The van der Waals surface area contributed by atoms with E-state index in [0.717, 1.165) is 32.2 Å². The zero-order valence-electron chi connectivity index (χ0n) is 13.6. The van der Waals surface area contributed by atoms with Gasteiger partial charge < -0.3 is 14.4 Å². The lowest BCUT2D eigenvalue weighted by atomic mass is 9.80. The van der Waals surface area contributed by atoms with Gasteiger partial charge in [0.25, 0.3) is 0 Å². The first kappa shape index (κ1) is 15.0. The Balaban J connectivity index is 1.83. The molecule has 118 valence electrons. The highest BCUT2D eigenvalue weighted by Gasteiger charge is 2.62. The predicted octanol–water partition coefficient (Wildman–Crippen LogP) is 2.38. The first-order valence-electron chi connectivity index (χ1n) is 8.09. The molecule has 3 rings (SSSR count). The summed E-state index contributed by atoms with van der Waals surface area (Å²) in [5.41, 5.74) is 1.34. The Morgan fingerprint density at radius 2 is 2.19 bits per heavy atom. The highest BCUT2D eigenvalue weighted by atomic mass is 16.6. The molecule has 2 saturated heterocycles. The Labute approximate surface area is 127 Å². The van der Waals surface area contributed by atoms with E-state index in [1.54, 1.807) is 0 Å². The summed E-state index contributed by atoms with van der Waals surface area (Å²) in [5, 5.41) is 0. The van der Waals surface area contributed by atoms with E-state index in [-0.39, 0.29) is 35.6 Å². The lowest BCUT2D eigenvalue weighted by Gasteiger charge is -2.23. The van der Waals surface area contributed by atoms with Gasteiger partial charge in [-0.25, -0.2) is 0 Å². The molecular formula is C17H27NO3. The van der Waals surface area contributed by atoms with Gasteiger partial charge in [-0.1, -0.05) is 11.6 Å². The van der Waals surface area contributed by atoms with Gasteiger partial charge in [0, 0.05) is 12.5 Å². The molecule has 0 aromatic rings. The van der Waals surface area contributed by atoms with Crippen molar-refractivity contribution in [2.75, 3.05) is 20.6 Å². The lowest BCUT2D eigenvalue weighted by molar-refractivity contribution is -0.145. The largest absolute Gasteiger partial charge is 0.459 e. The number of hydrogen-bond donors (Lipinski definition) is 0. The molecule has 0 N–H and O–H groups in total. The number of carbonyl (C=O) groups is 1. The number of ether oxygens (including phenoxy) is 2. The van der Waals surface area contributed by atoms with Crippen molar-refractivity contribution in [1.29, 1.82) is 0 Å². The fraction of sp³-hybridized carbons (Fsp3) is 0.824. The molecule has 2 heterocycles. The van der Waals surface area contributed by atoms with E-state index in [2.05, 4.69) is 24.8 Å². The number of carbonyl (C=O) groups excluding carboxylic acids is 1. The summed E-state index contributed by atoms with van der Waals surface area (Å²) in [5.74, 6) is 0.247. The van der Waals surface area contributed by atoms with Gasteiger partial charge in [-0.15, -0.1) is 0 Å². The molecule has 0 saturated carbocycles. The number of allylic oxidation sites excluding steroid dienone is 2. The third-order valence-electron chi connectivity index (χ3n) is 5.30. The van der Waals surface area contributed by atoms with Crippen LogP contribution in [0.15, 0.2) is 11.6 Å². The summed E-state index contributed by atoms with van der Waals surface area (Å²) in [6.07, 6.45) is 6.56. The van der Waals surface area contributed by atoms with Gasteiger partial charge in [0.15, 0.2) is 0 Å². The van der Waals surface area contributed by atoms with Crippen molar-refractivity contribution in [1.82, 2.24) is 4.90 Å². The molecule has 2 fully saturated rings. The van der Waals surface area contributed by atoms with E-state index in [1.807, 2.05) is 14.1 Å². The number of hydrogen-bond acceptors (Lipinski definition) is 4. The fourth-order valence-corrected chi connectivity index (χ4v) is 3.94. The van der Waals surface area contributed by atoms with Crippen molar-refractivity contribution < 1.29 is 14.3 Å². The van der Waals surface area contributed by atoms with Crippen LogP contribution in [0.1, 0.15) is 39.5 Å². The zero-order valence-corrected chi connectivity index (χ0v) is 13.6. The summed E-state index contributed by atoms with van der Waals surface area (Å²) in [6, 6.07) is 0. The average Bonchev–Trinajstić information content (AvgIpc) is 2.97. The van der Waals surface area contributed by atoms with Gasteiger partial charge >= 0.3 is 5.97 Å². The standard InChI is InChI=1S/C17H27NO3/c1-11-6-5-9-17(2)15(21-17)14-12(8-7-11)13(10-18(3)4)16(19)20-14/h6,12-15H,5,7-10H2,1-4H3/t12-,13-,14-,15-,17+/m0/s1. The van der Waals surface area contributed by atoms with Crippen LogP contribution in [0.3, 0.4) is 0 Å². The molecule has 0 aromatic heterocycles. The second kappa shape index (κ2) is 5.40. The van der Waals surface area contributed by atoms with E-state index in [0.29, 0.717) is 0 Å². The Morgan fingerprint density at radius 3 is 2.90 bits per heavy atom. The molecule has 2 aliphatic heterocycles. The third kappa shape index (κ3) is 2.88. The van der Waals surface area contributed by atoms with Crippen molar-refractivity contribution in [2.45, 2.75) is 57.3 Å². The average molecular weight is 293 g/mol. The second-order valence-corrected chi connectivity index (χ2v) is 7.41. The van der Waals surface area contributed by atoms with Gasteiger partial charge in [-0.05, 0) is 53.6 Å². The minimum atomic E-state index is -0.0929. The molecule has 0 spiro atoms. The maximum absolute atomic E-state index is 12.3. The van der Waals surface area contributed by atoms with Crippen molar-refractivity contribution in [3.8, 4) is 0 Å². The van der Waals surface area contributed by atoms with E-state index in [1.165, 1.54) is 5.57 Å². The van der Waals surface area contributed by atoms with Crippen molar-refractivity contribution in [2.24, 2.45) is 11.8 Å². The number of esters is 1. The molecular weight excluding hydrogens is 266 g/mol. The number of nitrogens with zero attached hydrogens (tertiary/aromatic N) is 1. The van der Waals surface area contributed by atoms with E-state index in [9.17, 15) is 4.79 Å². The Bertz CT molecular complexity index is 459. The second-order valence-electron chi connectivity index (χ2n) is 7.41. The monoisotopic (exact) mass is 293 g/mol. The van der Waals surface area contributed by atoms with Crippen molar-refractivity contribution in [3.05, 3.63) is 11.6 Å². The lowest BCUT2D eigenvalue weighted by Crippen LogP contribution is -2.34.